The monoisotopic (exact) mass is 289 g/mol. The van der Waals surface area contributed by atoms with E-state index >= 15 is 0 Å². The molecule has 0 radical (unpaired) electrons. The number of hydrogen-bond acceptors (Lipinski definition) is 2. The number of allylic oxidation sites excluding steroid dienone is 1. The summed E-state index contributed by atoms with van der Waals surface area (Å²) in [5.41, 5.74) is 4.45. The van der Waals surface area contributed by atoms with Crippen LogP contribution in [0.3, 0.4) is 0 Å². The highest BCUT2D eigenvalue weighted by molar-refractivity contribution is 6.76. The predicted octanol–water partition coefficient (Wildman–Crippen LogP) is 2.97. The Morgan fingerprint density at radius 3 is 2.68 bits per heavy atom. The molecule has 4 rings (SSSR count). The van der Waals surface area contributed by atoms with Gasteiger partial charge in [-0.2, -0.15) is 0 Å². The van der Waals surface area contributed by atoms with Crippen LogP contribution in [-0.4, -0.2) is 6.85 Å². The second-order valence-corrected chi connectivity index (χ2v) is 5.88. The minimum absolute atomic E-state index is 0.168. The molecule has 0 amide bonds. The fourth-order valence-corrected chi connectivity index (χ4v) is 3.39. The molecule has 3 heterocycles. The van der Waals surface area contributed by atoms with E-state index in [-0.39, 0.29) is 6.85 Å². The molecule has 108 valence electrons. The Morgan fingerprint density at radius 2 is 1.86 bits per heavy atom. The summed E-state index contributed by atoms with van der Waals surface area (Å²) in [6.45, 7) is 4.53. The van der Waals surface area contributed by atoms with Crippen LogP contribution in [0.2, 0.25) is 6.82 Å². The van der Waals surface area contributed by atoms with Gasteiger partial charge in [0.2, 0.25) is 0 Å². The number of furan rings is 1. The molecule has 4 heteroatoms. The van der Waals surface area contributed by atoms with Crippen molar-refractivity contribution in [2.24, 2.45) is 7.05 Å². The number of para-hydroxylation sites is 1. The maximum Gasteiger partial charge on any atom is 0.447 e. The fourth-order valence-electron chi connectivity index (χ4n) is 3.39. The van der Waals surface area contributed by atoms with Gasteiger partial charge in [0.05, 0.1) is 18.9 Å². The van der Waals surface area contributed by atoms with Crippen LogP contribution in [0.15, 0.2) is 58.8 Å². The Balaban J connectivity index is 1.92. The molecule has 0 aliphatic carbocycles. The molecule has 22 heavy (non-hydrogen) atoms. The fraction of sp³-hybridized carbons (Fsp3) is 0.167. The molecule has 0 fully saturated rings. The lowest BCUT2D eigenvalue weighted by atomic mass is 9.57. The minimum Gasteiger partial charge on any atom is -0.465 e. The summed E-state index contributed by atoms with van der Waals surface area (Å²) in [4.78, 5) is 2.32. The maximum absolute atomic E-state index is 6.15. The molecule has 0 saturated carbocycles. The normalized spacial score (nSPS) is 14.2. The van der Waals surface area contributed by atoms with Crippen LogP contribution in [0.4, 0.5) is 5.82 Å². The number of pyridine rings is 1. The lowest BCUT2D eigenvalue weighted by molar-refractivity contribution is -0.658. The van der Waals surface area contributed by atoms with Gasteiger partial charge in [0, 0.05) is 17.0 Å². The van der Waals surface area contributed by atoms with Crippen molar-refractivity contribution in [2.75, 3.05) is 4.81 Å². The van der Waals surface area contributed by atoms with E-state index < -0.39 is 0 Å². The van der Waals surface area contributed by atoms with Crippen molar-refractivity contribution in [3.8, 4) is 0 Å². The Kier molecular flexibility index (Phi) is 2.86. The van der Waals surface area contributed by atoms with Gasteiger partial charge in [-0.3, -0.25) is 4.81 Å². The average Bonchev–Trinajstić information content (AvgIpc) is 2.88. The molecule has 1 aromatic carbocycles. The van der Waals surface area contributed by atoms with Crippen LogP contribution < -0.4 is 15.0 Å². The van der Waals surface area contributed by atoms with Crippen molar-refractivity contribution in [3.63, 3.8) is 0 Å². The average molecular weight is 289 g/mol. The number of rotatable bonds is 1. The zero-order chi connectivity index (χ0) is 15.3. The van der Waals surface area contributed by atoms with Gasteiger partial charge in [-0.1, -0.05) is 24.3 Å². The van der Waals surface area contributed by atoms with Gasteiger partial charge in [-0.05, 0) is 32.0 Å². The molecule has 0 saturated heterocycles. The number of aromatic nitrogens is 1. The Labute approximate surface area is 130 Å². The Hall–Kier alpha value is -2.49. The van der Waals surface area contributed by atoms with Crippen molar-refractivity contribution >= 4 is 35.4 Å². The molecule has 1 aliphatic rings. The SMILES string of the molecule is CB1c2oc3ccccc3c2C=C(C)N1c1cccc[n+]1C. The van der Waals surface area contributed by atoms with E-state index in [0.29, 0.717) is 0 Å². The smallest absolute Gasteiger partial charge is 0.447 e. The number of aryl methyl sites for hydroxylation is 1. The maximum atomic E-state index is 6.15. The molecular formula is C18H18BN2O+. The number of fused-ring (bicyclic) bond motifs is 3. The summed E-state index contributed by atoms with van der Waals surface area (Å²) < 4.78 is 8.29. The van der Waals surface area contributed by atoms with E-state index in [2.05, 4.69) is 66.7 Å². The molecule has 0 atom stereocenters. The minimum atomic E-state index is 0.168. The highest BCUT2D eigenvalue weighted by Gasteiger charge is 2.40. The second-order valence-electron chi connectivity index (χ2n) is 5.88. The summed E-state index contributed by atoms with van der Waals surface area (Å²) in [6.07, 6.45) is 4.30. The summed E-state index contributed by atoms with van der Waals surface area (Å²) >= 11 is 0. The molecule has 0 unspecified atom stereocenters. The quantitative estimate of drug-likeness (QED) is 0.507. The number of nitrogens with zero attached hydrogens (tertiary/aromatic N) is 2. The molecule has 2 aromatic heterocycles. The highest BCUT2D eigenvalue weighted by atomic mass is 16.3. The topological polar surface area (TPSA) is 20.3 Å². The first-order valence-electron chi connectivity index (χ1n) is 7.60. The third-order valence-corrected chi connectivity index (χ3v) is 4.44. The summed E-state index contributed by atoms with van der Waals surface area (Å²) in [7, 11) is 2.07. The van der Waals surface area contributed by atoms with E-state index in [0.717, 1.165) is 17.1 Å². The molecule has 0 spiro atoms. The first kappa shape index (κ1) is 13.2. The van der Waals surface area contributed by atoms with Crippen molar-refractivity contribution in [3.05, 3.63) is 59.9 Å². The van der Waals surface area contributed by atoms with Gasteiger partial charge in [0.25, 0.3) is 5.82 Å². The van der Waals surface area contributed by atoms with Gasteiger partial charge >= 0.3 is 6.85 Å². The molecular weight excluding hydrogens is 271 g/mol. The number of benzene rings is 1. The Bertz CT molecular complexity index is 897. The van der Waals surface area contributed by atoms with Crippen molar-refractivity contribution in [1.29, 1.82) is 0 Å². The van der Waals surface area contributed by atoms with Gasteiger partial charge < -0.3 is 4.42 Å². The van der Waals surface area contributed by atoms with Crippen molar-refractivity contribution in [2.45, 2.75) is 13.7 Å². The standard InChI is InChI=1S/C18H18BN2O/c1-13-12-15-14-8-4-5-9-16(14)22-18(15)19(2)21(13)17-10-6-7-11-20(17)3/h4-12H,1-3H3/q+1. The first-order valence-corrected chi connectivity index (χ1v) is 7.60. The zero-order valence-corrected chi connectivity index (χ0v) is 13.1. The van der Waals surface area contributed by atoms with Gasteiger partial charge in [-0.15, -0.1) is 0 Å². The molecule has 0 bridgehead atoms. The van der Waals surface area contributed by atoms with Crippen LogP contribution in [-0.2, 0) is 7.05 Å². The van der Waals surface area contributed by atoms with Crippen LogP contribution in [0.25, 0.3) is 17.0 Å². The lowest BCUT2D eigenvalue weighted by Crippen LogP contribution is -2.52. The van der Waals surface area contributed by atoms with E-state index in [4.69, 9.17) is 4.42 Å². The van der Waals surface area contributed by atoms with Crippen LogP contribution >= 0.6 is 0 Å². The predicted molar refractivity (Wildman–Crippen MR) is 91.2 cm³/mol. The van der Waals surface area contributed by atoms with Crippen LogP contribution in [0.5, 0.6) is 0 Å². The third-order valence-electron chi connectivity index (χ3n) is 4.44. The highest BCUT2D eigenvalue weighted by Crippen LogP contribution is 2.29. The Morgan fingerprint density at radius 1 is 1.09 bits per heavy atom. The number of hydrogen-bond donors (Lipinski definition) is 0. The summed E-state index contributed by atoms with van der Waals surface area (Å²) in [6, 6.07) is 14.5. The summed E-state index contributed by atoms with van der Waals surface area (Å²) in [5.74, 6) is 1.16. The molecule has 3 nitrogen and oxygen atoms in total. The van der Waals surface area contributed by atoms with Crippen LogP contribution in [0.1, 0.15) is 12.5 Å². The van der Waals surface area contributed by atoms with Gasteiger partial charge in [-0.25, -0.2) is 4.57 Å². The van der Waals surface area contributed by atoms with Crippen LogP contribution in [0, 0.1) is 0 Å². The van der Waals surface area contributed by atoms with Crippen molar-refractivity contribution < 1.29 is 8.98 Å². The van der Waals surface area contributed by atoms with E-state index in [9.17, 15) is 0 Å². The van der Waals surface area contributed by atoms with E-state index in [1.807, 2.05) is 18.2 Å². The second kappa shape index (κ2) is 4.77. The third kappa shape index (κ3) is 1.80. The number of anilines is 1. The molecule has 1 aliphatic heterocycles. The molecule has 3 aromatic rings. The first-order chi connectivity index (χ1) is 10.7. The summed E-state index contributed by atoms with van der Waals surface area (Å²) in [5, 5.41) is 1.20. The van der Waals surface area contributed by atoms with Gasteiger partial charge in [0.1, 0.15) is 11.2 Å². The van der Waals surface area contributed by atoms with Crippen molar-refractivity contribution in [1.82, 2.24) is 0 Å². The lowest BCUT2D eigenvalue weighted by Gasteiger charge is -2.25. The van der Waals surface area contributed by atoms with E-state index in [1.165, 1.54) is 16.6 Å². The van der Waals surface area contributed by atoms with Gasteiger partial charge in [0.15, 0.2) is 0 Å². The van der Waals surface area contributed by atoms with E-state index in [1.54, 1.807) is 0 Å². The largest absolute Gasteiger partial charge is 0.465 e. The molecule has 0 N–H and O–H groups in total. The zero-order valence-electron chi connectivity index (χ0n) is 13.1.